The Balaban J connectivity index is 2.31. The summed E-state index contributed by atoms with van der Waals surface area (Å²) >= 11 is 0. The van der Waals surface area contributed by atoms with Crippen molar-refractivity contribution in [2.45, 2.75) is 25.5 Å². The first-order chi connectivity index (χ1) is 7.08. The lowest BCUT2D eigenvalue weighted by Crippen LogP contribution is -2.24. The molecule has 4 nitrogen and oxygen atoms in total. The highest BCUT2D eigenvalue weighted by molar-refractivity contribution is 5.99. The van der Waals surface area contributed by atoms with Crippen molar-refractivity contribution in [1.82, 2.24) is 0 Å². The molecule has 1 heterocycles. The van der Waals surface area contributed by atoms with Crippen molar-refractivity contribution in [3.63, 3.8) is 0 Å². The van der Waals surface area contributed by atoms with E-state index < -0.39 is 6.10 Å². The van der Waals surface area contributed by atoms with E-state index >= 15 is 0 Å². The highest BCUT2D eigenvalue weighted by Gasteiger charge is 2.20. The zero-order valence-electron chi connectivity index (χ0n) is 8.53. The van der Waals surface area contributed by atoms with Crippen LogP contribution >= 0.6 is 0 Å². The number of aliphatic hydroxyl groups excluding tert-OH is 1. The van der Waals surface area contributed by atoms with Gasteiger partial charge >= 0.3 is 0 Å². The average Bonchev–Trinajstić information content (AvgIpc) is 2.55. The van der Waals surface area contributed by atoms with Gasteiger partial charge in [-0.3, -0.25) is 4.79 Å². The summed E-state index contributed by atoms with van der Waals surface area (Å²) in [6.07, 6.45) is -0.291. The number of hydrogen-bond acceptors (Lipinski definition) is 3. The molecule has 15 heavy (non-hydrogen) atoms. The summed E-state index contributed by atoms with van der Waals surface area (Å²) in [6.45, 7) is 1.75. The van der Waals surface area contributed by atoms with Crippen molar-refractivity contribution in [1.29, 1.82) is 0 Å². The summed E-state index contributed by atoms with van der Waals surface area (Å²) in [4.78, 5) is 11.1. The average molecular weight is 206 g/mol. The lowest BCUT2D eigenvalue weighted by molar-refractivity contribution is -0.115. The Labute approximate surface area is 88.1 Å². The lowest BCUT2D eigenvalue weighted by Gasteiger charge is -2.15. The molecular formula is C11H14N2O2. The highest BCUT2D eigenvalue weighted by Crippen LogP contribution is 2.27. The number of aliphatic hydroxyl groups is 1. The number of benzene rings is 1. The third-order valence-corrected chi connectivity index (χ3v) is 2.59. The van der Waals surface area contributed by atoms with Gasteiger partial charge in [-0.15, -0.1) is 0 Å². The lowest BCUT2D eigenvalue weighted by atomic mass is 10.0. The fraction of sp³-hybridized carbons (Fsp3) is 0.364. The third kappa shape index (κ3) is 1.86. The van der Waals surface area contributed by atoms with Gasteiger partial charge in [-0.25, -0.2) is 0 Å². The molecule has 4 N–H and O–H groups in total. The molecule has 1 aliphatic rings. The van der Waals surface area contributed by atoms with Crippen molar-refractivity contribution in [3.05, 3.63) is 29.3 Å². The Kier molecular flexibility index (Phi) is 2.46. The van der Waals surface area contributed by atoms with Crippen LogP contribution in [0.2, 0.25) is 0 Å². The third-order valence-electron chi connectivity index (χ3n) is 2.59. The molecule has 0 bridgehead atoms. The Morgan fingerprint density at radius 2 is 2.27 bits per heavy atom. The molecule has 2 atom stereocenters. The van der Waals surface area contributed by atoms with Crippen molar-refractivity contribution in [2.75, 3.05) is 5.32 Å². The van der Waals surface area contributed by atoms with Crippen LogP contribution in [0.3, 0.4) is 0 Å². The largest absolute Gasteiger partial charge is 0.387 e. The Bertz CT molecular complexity index is 402. The minimum Gasteiger partial charge on any atom is -0.387 e. The predicted molar refractivity (Wildman–Crippen MR) is 57.4 cm³/mol. The fourth-order valence-electron chi connectivity index (χ4n) is 1.74. The maximum Gasteiger partial charge on any atom is 0.228 e. The number of fused-ring (bicyclic) bond motifs is 1. The molecule has 0 radical (unpaired) electrons. The van der Waals surface area contributed by atoms with Crippen LogP contribution in [0.15, 0.2) is 18.2 Å². The van der Waals surface area contributed by atoms with Crippen molar-refractivity contribution in [3.8, 4) is 0 Å². The second-order valence-corrected chi connectivity index (χ2v) is 3.95. The molecule has 1 amide bonds. The summed E-state index contributed by atoms with van der Waals surface area (Å²) in [5, 5.41) is 12.5. The minimum absolute atomic E-state index is 0.00237. The van der Waals surface area contributed by atoms with Crippen LogP contribution in [-0.4, -0.2) is 17.1 Å². The van der Waals surface area contributed by atoms with Gasteiger partial charge in [-0.1, -0.05) is 12.1 Å². The molecule has 1 aliphatic heterocycles. The second kappa shape index (κ2) is 3.64. The van der Waals surface area contributed by atoms with E-state index in [-0.39, 0.29) is 11.9 Å². The summed E-state index contributed by atoms with van der Waals surface area (Å²) in [7, 11) is 0. The Morgan fingerprint density at radius 3 is 2.93 bits per heavy atom. The summed E-state index contributed by atoms with van der Waals surface area (Å²) < 4.78 is 0. The first-order valence-corrected chi connectivity index (χ1v) is 4.94. The van der Waals surface area contributed by atoms with Gasteiger partial charge in [0.2, 0.25) is 5.91 Å². The number of nitrogens with one attached hydrogen (secondary N) is 1. The van der Waals surface area contributed by atoms with Crippen LogP contribution in [0, 0.1) is 0 Å². The van der Waals surface area contributed by atoms with Crippen LogP contribution in [0.5, 0.6) is 0 Å². The molecule has 0 saturated carbocycles. The first-order valence-electron chi connectivity index (χ1n) is 4.94. The molecule has 0 aliphatic carbocycles. The first kappa shape index (κ1) is 10.1. The molecule has 1 aromatic rings. The smallest absolute Gasteiger partial charge is 0.228 e. The molecule has 80 valence electrons. The molecule has 2 unspecified atom stereocenters. The molecule has 1 aromatic carbocycles. The topological polar surface area (TPSA) is 75.3 Å². The predicted octanol–water partition coefficient (Wildman–Crippen LogP) is 0.562. The van der Waals surface area contributed by atoms with Gasteiger partial charge in [0.05, 0.1) is 12.5 Å². The monoisotopic (exact) mass is 206 g/mol. The maximum absolute atomic E-state index is 11.1. The van der Waals surface area contributed by atoms with Gasteiger partial charge in [-0.2, -0.15) is 0 Å². The van der Waals surface area contributed by atoms with Crippen LogP contribution in [0.1, 0.15) is 24.2 Å². The zero-order valence-corrected chi connectivity index (χ0v) is 8.53. The van der Waals surface area contributed by atoms with E-state index in [1.165, 1.54) is 0 Å². The van der Waals surface area contributed by atoms with E-state index in [4.69, 9.17) is 5.73 Å². The number of carbonyl (C=O) groups is 1. The van der Waals surface area contributed by atoms with E-state index in [1.54, 1.807) is 19.1 Å². The molecule has 4 heteroatoms. The van der Waals surface area contributed by atoms with Gasteiger partial charge in [0.25, 0.3) is 0 Å². The Morgan fingerprint density at radius 1 is 1.53 bits per heavy atom. The SMILES string of the molecule is CC(N)C(O)c1ccc2c(c1)CC(=O)N2. The fourth-order valence-corrected chi connectivity index (χ4v) is 1.74. The van der Waals surface area contributed by atoms with Gasteiger partial charge in [0, 0.05) is 11.7 Å². The second-order valence-electron chi connectivity index (χ2n) is 3.95. The van der Waals surface area contributed by atoms with E-state index in [9.17, 15) is 9.90 Å². The molecule has 0 aromatic heterocycles. The summed E-state index contributed by atoms with van der Waals surface area (Å²) in [5.74, 6) is -0.00237. The van der Waals surface area contributed by atoms with E-state index in [0.29, 0.717) is 6.42 Å². The number of anilines is 1. The van der Waals surface area contributed by atoms with Gasteiger partial charge < -0.3 is 16.2 Å². The molecule has 0 spiro atoms. The zero-order chi connectivity index (χ0) is 11.0. The summed E-state index contributed by atoms with van der Waals surface area (Å²) in [5.41, 5.74) is 8.13. The Hall–Kier alpha value is -1.39. The minimum atomic E-state index is -0.675. The van der Waals surface area contributed by atoms with Crippen molar-refractivity contribution >= 4 is 11.6 Å². The molecular weight excluding hydrogens is 192 g/mol. The van der Waals surface area contributed by atoms with Crippen LogP contribution in [0.25, 0.3) is 0 Å². The number of rotatable bonds is 2. The molecule has 2 rings (SSSR count). The van der Waals surface area contributed by atoms with Gasteiger partial charge in [0.15, 0.2) is 0 Å². The van der Waals surface area contributed by atoms with Crippen LogP contribution in [0.4, 0.5) is 5.69 Å². The number of hydrogen-bond donors (Lipinski definition) is 3. The van der Waals surface area contributed by atoms with Crippen LogP contribution < -0.4 is 11.1 Å². The number of carbonyl (C=O) groups excluding carboxylic acids is 1. The van der Waals surface area contributed by atoms with Gasteiger partial charge in [-0.05, 0) is 24.1 Å². The number of amides is 1. The molecule has 0 fully saturated rings. The van der Waals surface area contributed by atoms with Gasteiger partial charge in [0.1, 0.15) is 0 Å². The van der Waals surface area contributed by atoms with Crippen molar-refractivity contribution < 1.29 is 9.90 Å². The quantitative estimate of drug-likeness (QED) is 0.662. The maximum atomic E-state index is 11.1. The van der Waals surface area contributed by atoms with E-state index in [2.05, 4.69) is 5.32 Å². The number of nitrogens with two attached hydrogens (primary N) is 1. The van der Waals surface area contributed by atoms with E-state index in [1.807, 2.05) is 6.07 Å². The standard InChI is InChI=1S/C11H14N2O2/c1-6(12)11(15)7-2-3-9-8(4-7)5-10(14)13-9/h2-4,6,11,15H,5,12H2,1H3,(H,13,14). The molecule has 0 saturated heterocycles. The summed E-state index contributed by atoms with van der Waals surface area (Å²) in [6, 6.07) is 5.12. The van der Waals surface area contributed by atoms with Crippen molar-refractivity contribution in [2.24, 2.45) is 5.73 Å². The normalized spacial score (nSPS) is 18.2. The highest BCUT2D eigenvalue weighted by atomic mass is 16.3. The van der Waals surface area contributed by atoms with E-state index in [0.717, 1.165) is 16.8 Å². The van der Waals surface area contributed by atoms with Crippen LogP contribution in [-0.2, 0) is 11.2 Å².